The van der Waals surface area contributed by atoms with Gasteiger partial charge in [0.05, 0.1) is 6.54 Å². The smallest absolute Gasteiger partial charge is 0.254 e. The van der Waals surface area contributed by atoms with E-state index in [1.807, 2.05) is 47.4 Å². The Kier molecular flexibility index (Phi) is 5.93. The number of nitrogens with zero attached hydrogens (tertiary/aromatic N) is 4. The van der Waals surface area contributed by atoms with Gasteiger partial charge in [-0.2, -0.15) is 5.10 Å². The lowest BCUT2D eigenvalue weighted by molar-refractivity contribution is 0.0775. The SMILES string of the molecule is C=CCN(CCc1ccccc1)C(=O)c1ccc(Cn2cncn2)cc1. The Morgan fingerprint density at radius 3 is 2.50 bits per heavy atom. The van der Waals surface area contributed by atoms with Gasteiger partial charge in [-0.15, -0.1) is 6.58 Å². The van der Waals surface area contributed by atoms with Gasteiger partial charge in [0.2, 0.25) is 0 Å². The fourth-order valence-corrected chi connectivity index (χ4v) is 2.78. The minimum absolute atomic E-state index is 0.0214. The molecule has 0 aliphatic carbocycles. The fraction of sp³-hybridized carbons (Fsp3) is 0.190. The third-order valence-electron chi connectivity index (χ3n) is 4.16. The van der Waals surface area contributed by atoms with E-state index in [1.165, 1.54) is 11.9 Å². The number of hydrogen-bond acceptors (Lipinski definition) is 3. The summed E-state index contributed by atoms with van der Waals surface area (Å²) >= 11 is 0. The molecule has 2 aromatic carbocycles. The third-order valence-corrected chi connectivity index (χ3v) is 4.16. The minimum Gasteiger partial charge on any atom is -0.335 e. The Morgan fingerprint density at radius 2 is 1.85 bits per heavy atom. The van der Waals surface area contributed by atoms with E-state index in [9.17, 15) is 4.79 Å². The maximum atomic E-state index is 12.8. The first kappa shape index (κ1) is 17.6. The molecule has 0 atom stereocenters. The van der Waals surface area contributed by atoms with Crippen molar-refractivity contribution in [1.82, 2.24) is 19.7 Å². The highest BCUT2D eigenvalue weighted by Gasteiger charge is 2.14. The van der Waals surface area contributed by atoms with E-state index in [1.54, 1.807) is 17.1 Å². The first-order valence-electron chi connectivity index (χ1n) is 8.61. The van der Waals surface area contributed by atoms with Gasteiger partial charge < -0.3 is 4.90 Å². The zero-order valence-electron chi connectivity index (χ0n) is 14.7. The summed E-state index contributed by atoms with van der Waals surface area (Å²) in [4.78, 5) is 18.6. The van der Waals surface area contributed by atoms with E-state index in [-0.39, 0.29) is 5.91 Å². The molecule has 0 spiro atoms. The summed E-state index contributed by atoms with van der Waals surface area (Å²) in [6.07, 6.45) is 5.78. The molecule has 1 aromatic heterocycles. The van der Waals surface area contributed by atoms with Crippen molar-refractivity contribution in [3.63, 3.8) is 0 Å². The van der Waals surface area contributed by atoms with Gasteiger partial charge >= 0.3 is 0 Å². The number of rotatable bonds is 8. The predicted octanol–water partition coefficient (Wildman–Crippen LogP) is 3.20. The third kappa shape index (κ3) is 4.66. The molecule has 0 aliphatic heterocycles. The summed E-state index contributed by atoms with van der Waals surface area (Å²) in [7, 11) is 0. The van der Waals surface area contributed by atoms with Gasteiger partial charge in [-0.1, -0.05) is 48.5 Å². The van der Waals surface area contributed by atoms with Crippen LogP contribution in [0, 0.1) is 0 Å². The standard InChI is InChI=1S/C21H22N4O/c1-2-13-24(14-12-18-6-4-3-5-7-18)21(26)20-10-8-19(9-11-20)15-25-17-22-16-23-25/h2-11,16-17H,1,12-15H2. The van der Waals surface area contributed by atoms with Crippen molar-refractivity contribution >= 4 is 5.91 Å². The molecule has 1 heterocycles. The van der Waals surface area contributed by atoms with Crippen LogP contribution >= 0.6 is 0 Å². The highest BCUT2D eigenvalue weighted by Crippen LogP contribution is 2.10. The van der Waals surface area contributed by atoms with Gasteiger partial charge in [0.1, 0.15) is 12.7 Å². The number of hydrogen-bond donors (Lipinski definition) is 0. The molecule has 132 valence electrons. The molecule has 3 rings (SSSR count). The molecule has 26 heavy (non-hydrogen) atoms. The van der Waals surface area contributed by atoms with Crippen LogP contribution in [0.1, 0.15) is 21.5 Å². The van der Waals surface area contributed by atoms with Crippen LogP contribution in [0.2, 0.25) is 0 Å². The summed E-state index contributed by atoms with van der Waals surface area (Å²) in [5.41, 5.74) is 2.98. The number of carbonyl (C=O) groups excluding carboxylic acids is 1. The highest BCUT2D eigenvalue weighted by molar-refractivity contribution is 5.94. The maximum absolute atomic E-state index is 12.8. The molecule has 0 bridgehead atoms. The quantitative estimate of drug-likeness (QED) is 0.589. The lowest BCUT2D eigenvalue weighted by Gasteiger charge is -2.21. The summed E-state index contributed by atoms with van der Waals surface area (Å²) in [5, 5.41) is 4.09. The highest BCUT2D eigenvalue weighted by atomic mass is 16.2. The van der Waals surface area contributed by atoms with E-state index in [4.69, 9.17) is 0 Å². The van der Waals surface area contributed by atoms with Gasteiger partial charge in [-0.3, -0.25) is 4.79 Å². The van der Waals surface area contributed by atoms with E-state index in [2.05, 4.69) is 28.8 Å². The van der Waals surface area contributed by atoms with Gasteiger partial charge in [0, 0.05) is 18.7 Å². The molecule has 0 fully saturated rings. The Bertz CT molecular complexity index is 826. The fourth-order valence-electron chi connectivity index (χ4n) is 2.78. The van der Waals surface area contributed by atoms with Crippen LogP contribution in [-0.2, 0) is 13.0 Å². The topological polar surface area (TPSA) is 51.0 Å². The van der Waals surface area contributed by atoms with Crippen molar-refractivity contribution in [2.75, 3.05) is 13.1 Å². The monoisotopic (exact) mass is 346 g/mol. The van der Waals surface area contributed by atoms with Gasteiger partial charge in [-0.05, 0) is 29.7 Å². The maximum Gasteiger partial charge on any atom is 0.254 e. The molecule has 0 saturated carbocycles. The van der Waals surface area contributed by atoms with Crippen LogP contribution in [0.5, 0.6) is 0 Å². The van der Waals surface area contributed by atoms with Crippen LogP contribution in [-0.4, -0.2) is 38.7 Å². The van der Waals surface area contributed by atoms with Crippen molar-refractivity contribution in [2.24, 2.45) is 0 Å². The predicted molar refractivity (Wildman–Crippen MR) is 102 cm³/mol. The van der Waals surface area contributed by atoms with Crippen molar-refractivity contribution in [2.45, 2.75) is 13.0 Å². The van der Waals surface area contributed by atoms with Crippen LogP contribution in [0.3, 0.4) is 0 Å². The van der Waals surface area contributed by atoms with Crippen LogP contribution < -0.4 is 0 Å². The van der Waals surface area contributed by atoms with E-state index in [0.717, 1.165) is 12.0 Å². The Morgan fingerprint density at radius 1 is 1.08 bits per heavy atom. The Labute approximate surface area is 153 Å². The molecule has 1 amide bonds. The molecular weight excluding hydrogens is 324 g/mol. The number of carbonyl (C=O) groups is 1. The lowest BCUT2D eigenvalue weighted by Crippen LogP contribution is -2.33. The molecule has 0 N–H and O–H groups in total. The average molecular weight is 346 g/mol. The van der Waals surface area contributed by atoms with Gasteiger partial charge in [0.25, 0.3) is 5.91 Å². The molecule has 0 saturated heterocycles. The molecular formula is C21H22N4O. The molecule has 5 nitrogen and oxygen atoms in total. The van der Waals surface area contributed by atoms with Crippen LogP contribution in [0.25, 0.3) is 0 Å². The molecule has 0 aliphatic rings. The van der Waals surface area contributed by atoms with Crippen molar-refractivity contribution in [3.8, 4) is 0 Å². The summed E-state index contributed by atoms with van der Waals surface area (Å²) < 4.78 is 1.75. The Hall–Kier alpha value is -3.21. The molecule has 5 heteroatoms. The van der Waals surface area contributed by atoms with Crippen molar-refractivity contribution in [3.05, 3.63) is 96.6 Å². The molecule has 0 radical (unpaired) electrons. The normalized spacial score (nSPS) is 10.5. The van der Waals surface area contributed by atoms with E-state index < -0.39 is 0 Å². The van der Waals surface area contributed by atoms with Crippen LogP contribution in [0.15, 0.2) is 79.9 Å². The largest absolute Gasteiger partial charge is 0.335 e. The second-order valence-corrected chi connectivity index (χ2v) is 6.07. The number of aromatic nitrogens is 3. The zero-order valence-corrected chi connectivity index (χ0v) is 14.7. The summed E-state index contributed by atoms with van der Waals surface area (Å²) in [5.74, 6) is 0.0214. The minimum atomic E-state index is 0.0214. The average Bonchev–Trinajstić information content (AvgIpc) is 3.19. The first-order chi connectivity index (χ1) is 12.8. The number of benzene rings is 2. The van der Waals surface area contributed by atoms with Crippen LogP contribution in [0.4, 0.5) is 0 Å². The van der Waals surface area contributed by atoms with Crippen molar-refractivity contribution < 1.29 is 4.79 Å². The van der Waals surface area contributed by atoms with Gasteiger partial charge in [-0.25, -0.2) is 9.67 Å². The summed E-state index contributed by atoms with van der Waals surface area (Å²) in [6.45, 7) is 5.61. The van der Waals surface area contributed by atoms with Gasteiger partial charge in [0.15, 0.2) is 0 Å². The molecule has 0 unspecified atom stereocenters. The number of amides is 1. The molecule has 3 aromatic rings. The summed E-state index contributed by atoms with van der Waals surface area (Å²) in [6, 6.07) is 17.8. The lowest BCUT2D eigenvalue weighted by atomic mass is 10.1. The zero-order chi connectivity index (χ0) is 18.2. The second-order valence-electron chi connectivity index (χ2n) is 6.07. The first-order valence-corrected chi connectivity index (χ1v) is 8.61. The van der Waals surface area contributed by atoms with E-state index in [0.29, 0.717) is 25.2 Å². The van der Waals surface area contributed by atoms with E-state index >= 15 is 0 Å². The second kappa shape index (κ2) is 8.76. The van der Waals surface area contributed by atoms with Crippen molar-refractivity contribution in [1.29, 1.82) is 0 Å². The Balaban J connectivity index is 1.65.